The van der Waals surface area contributed by atoms with E-state index in [0.717, 1.165) is 5.92 Å². The molecule has 3 unspecified atom stereocenters. The third-order valence-electron chi connectivity index (χ3n) is 2.69. The summed E-state index contributed by atoms with van der Waals surface area (Å²) in [5, 5.41) is 0. The largest absolute Gasteiger partial charge is 0.374 e. The van der Waals surface area contributed by atoms with E-state index in [0.29, 0.717) is 12.2 Å². The summed E-state index contributed by atoms with van der Waals surface area (Å²) in [6.07, 6.45) is 6.75. The molecule has 58 valence electrons. The minimum atomic E-state index is 0.593. The van der Waals surface area contributed by atoms with Gasteiger partial charge in [-0.1, -0.05) is 29.0 Å². The molecule has 0 radical (unpaired) electrons. The first-order chi connectivity index (χ1) is 4.90. The van der Waals surface area contributed by atoms with E-state index >= 15 is 0 Å². The van der Waals surface area contributed by atoms with Crippen molar-refractivity contribution in [1.82, 2.24) is 0 Å². The van der Waals surface area contributed by atoms with Gasteiger partial charge in [0.2, 0.25) is 0 Å². The molecule has 1 saturated heterocycles. The van der Waals surface area contributed by atoms with E-state index in [1.165, 1.54) is 30.1 Å². The first-order valence-corrected chi connectivity index (χ1v) is 5.64. The number of alkyl halides is 1. The van der Waals surface area contributed by atoms with Crippen LogP contribution in [0.5, 0.6) is 0 Å². The van der Waals surface area contributed by atoms with Crippen molar-refractivity contribution in [3.05, 3.63) is 0 Å². The van der Waals surface area contributed by atoms with Crippen LogP contribution in [0, 0.1) is 5.92 Å². The van der Waals surface area contributed by atoms with Gasteiger partial charge in [0.25, 0.3) is 0 Å². The third kappa shape index (κ3) is 1.20. The van der Waals surface area contributed by atoms with E-state index in [-0.39, 0.29) is 0 Å². The molecule has 0 aromatic carbocycles. The highest BCUT2D eigenvalue weighted by atomic mass is 127. The molecule has 2 aliphatic rings. The molecule has 0 aromatic rings. The molecule has 10 heavy (non-hydrogen) atoms. The summed E-state index contributed by atoms with van der Waals surface area (Å²) in [5.41, 5.74) is 0. The second-order valence-corrected chi connectivity index (χ2v) is 4.26. The van der Waals surface area contributed by atoms with Gasteiger partial charge in [-0.05, 0) is 25.2 Å². The summed E-state index contributed by atoms with van der Waals surface area (Å²) in [7, 11) is 0. The molecule has 2 rings (SSSR count). The van der Waals surface area contributed by atoms with E-state index < -0.39 is 0 Å². The zero-order valence-electron chi connectivity index (χ0n) is 6.05. The van der Waals surface area contributed by atoms with Gasteiger partial charge in [0, 0.05) is 4.43 Å². The molecule has 0 amide bonds. The van der Waals surface area contributed by atoms with E-state index in [2.05, 4.69) is 22.6 Å². The third-order valence-corrected chi connectivity index (χ3v) is 3.68. The summed E-state index contributed by atoms with van der Waals surface area (Å²) in [4.78, 5) is 0. The van der Waals surface area contributed by atoms with Crippen molar-refractivity contribution in [3.8, 4) is 0 Å². The van der Waals surface area contributed by atoms with Crippen molar-refractivity contribution in [2.45, 2.75) is 37.9 Å². The summed E-state index contributed by atoms with van der Waals surface area (Å²) in [5.74, 6) is 0.930. The standard InChI is InChI=1S/C8H13IO/c9-5-7-4-6-2-1-3-8(6)10-7/h6-8H,1-5H2. The zero-order chi connectivity index (χ0) is 6.97. The van der Waals surface area contributed by atoms with Crippen molar-refractivity contribution in [3.63, 3.8) is 0 Å². The van der Waals surface area contributed by atoms with Crippen LogP contribution in [0.15, 0.2) is 0 Å². The maximum absolute atomic E-state index is 5.83. The average Bonchev–Trinajstić information content (AvgIpc) is 2.42. The Morgan fingerprint density at radius 1 is 1.40 bits per heavy atom. The molecule has 1 saturated carbocycles. The monoisotopic (exact) mass is 252 g/mol. The number of rotatable bonds is 1. The normalized spacial score (nSPS) is 45.9. The molecule has 0 N–H and O–H groups in total. The molecule has 0 spiro atoms. The zero-order valence-corrected chi connectivity index (χ0v) is 8.21. The molecule has 1 aliphatic heterocycles. The van der Waals surface area contributed by atoms with Gasteiger partial charge in [-0.15, -0.1) is 0 Å². The smallest absolute Gasteiger partial charge is 0.0671 e. The molecule has 1 heterocycles. The highest BCUT2D eigenvalue weighted by molar-refractivity contribution is 14.1. The number of hydrogen-bond donors (Lipinski definition) is 0. The summed E-state index contributed by atoms with van der Waals surface area (Å²) < 4.78 is 7.01. The summed E-state index contributed by atoms with van der Waals surface area (Å²) in [6, 6.07) is 0. The Morgan fingerprint density at radius 3 is 3.00 bits per heavy atom. The lowest BCUT2D eigenvalue weighted by Gasteiger charge is -2.07. The number of hydrogen-bond acceptors (Lipinski definition) is 1. The molecule has 2 heteroatoms. The van der Waals surface area contributed by atoms with E-state index in [1.807, 2.05) is 0 Å². The van der Waals surface area contributed by atoms with Crippen molar-refractivity contribution in [2.24, 2.45) is 5.92 Å². The number of ether oxygens (including phenoxy) is 1. The predicted molar refractivity (Wildman–Crippen MR) is 49.5 cm³/mol. The maximum Gasteiger partial charge on any atom is 0.0671 e. The van der Waals surface area contributed by atoms with Crippen molar-refractivity contribution in [1.29, 1.82) is 0 Å². The van der Waals surface area contributed by atoms with E-state index in [1.54, 1.807) is 0 Å². The minimum absolute atomic E-state index is 0.593. The molecule has 0 bridgehead atoms. The van der Waals surface area contributed by atoms with Gasteiger partial charge >= 0.3 is 0 Å². The van der Waals surface area contributed by atoms with Gasteiger partial charge in [-0.3, -0.25) is 0 Å². The van der Waals surface area contributed by atoms with E-state index in [9.17, 15) is 0 Å². The van der Waals surface area contributed by atoms with Crippen LogP contribution in [0.25, 0.3) is 0 Å². The van der Waals surface area contributed by atoms with Gasteiger partial charge in [0.1, 0.15) is 0 Å². The average molecular weight is 252 g/mol. The Bertz CT molecular complexity index is 114. The lowest BCUT2D eigenvalue weighted by atomic mass is 10.0. The van der Waals surface area contributed by atoms with Gasteiger partial charge in [0.05, 0.1) is 12.2 Å². The van der Waals surface area contributed by atoms with Gasteiger partial charge in [-0.25, -0.2) is 0 Å². The number of halogens is 1. The fourth-order valence-corrected chi connectivity index (χ4v) is 2.76. The van der Waals surface area contributed by atoms with Gasteiger partial charge < -0.3 is 4.74 Å². The van der Waals surface area contributed by atoms with Crippen molar-refractivity contribution < 1.29 is 4.74 Å². The van der Waals surface area contributed by atoms with Crippen LogP contribution in [0.1, 0.15) is 25.7 Å². The van der Waals surface area contributed by atoms with Gasteiger partial charge in [-0.2, -0.15) is 0 Å². The predicted octanol–water partition coefficient (Wildman–Crippen LogP) is 2.38. The Labute approximate surface area is 75.7 Å². The lowest BCUT2D eigenvalue weighted by molar-refractivity contribution is 0.0552. The summed E-state index contributed by atoms with van der Waals surface area (Å²) >= 11 is 2.42. The maximum atomic E-state index is 5.83. The Morgan fingerprint density at radius 2 is 2.30 bits per heavy atom. The van der Waals surface area contributed by atoms with Crippen LogP contribution in [0.2, 0.25) is 0 Å². The fourth-order valence-electron chi connectivity index (χ4n) is 2.19. The van der Waals surface area contributed by atoms with Crippen LogP contribution in [-0.2, 0) is 4.74 Å². The van der Waals surface area contributed by atoms with Crippen LogP contribution in [0.3, 0.4) is 0 Å². The minimum Gasteiger partial charge on any atom is -0.374 e. The first kappa shape index (κ1) is 7.35. The molecular weight excluding hydrogens is 239 g/mol. The molecule has 3 atom stereocenters. The van der Waals surface area contributed by atoms with Crippen LogP contribution in [-0.4, -0.2) is 16.6 Å². The Kier molecular flexibility index (Phi) is 2.18. The van der Waals surface area contributed by atoms with Crippen molar-refractivity contribution in [2.75, 3.05) is 4.43 Å². The van der Waals surface area contributed by atoms with E-state index in [4.69, 9.17) is 4.74 Å². The molecule has 0 aromatic heterocycles. The highest BCUT2D eigenvalue weighted by Crippen LogP contribution is 2.39. The lowest BCUT2D eigenvalue weighted by Crippen LogP contribution is -2.10. The molecule has 2 fully saturated rings. The topological polar surface area (TPSA) is 9.23 Å². The SMILES string of the molecule is ICC1CC2CCCC2O1. The van der Waals surface area contributed by atoms with Gasteiger partial charge in [0.15, 0.2) is 0 Å². The van der Waals surface area contributed by atoms with Crippen molar-refractivity contribution >= 4 is 22.6 Å². The first-order valence-electron chi connectivity index (χ1n) is 4.11. The second-order valence-electron chi connectivity index (χ2n) is 3.38. The Hall–Kier alpha value is 0.690. The Balaban J connectivity index is 1.94. The quantitative estimate of drug-likeness (QED) is 0.514. The molecular formula is C8H13IO. The second kappa shape index (κ2) is 2.97. The number of fused-ring (bicyclic) bond motifs is 1. The molecule has 1 nitrogen and oxygen atoms in total. The molecule has 1 aliphatic carbocycles. The van der Waals surface area contributed by atoms with Crippen LogP contribution >= 0.6 is 22.6 Å². The fraction of sp³-hybridized carbons (Fsp3) is 1.00. The van der Waals surface area contributed by atoms with Crippen LogP contribution in [0.4, 0.5) is 0 Å². The summed E-state index contributed by atoms with van der Waals surface area (Å²) in [6.45, 7) is 0. The highest BCUT2D eigenvalue weighted by Gasteiger charge is 2.37. The van der Waals surface area contributed by atoms with Crippen LogP contribution < -0.4 is 0 Å².